The van der Waals surface area contributed by atoms with Gasteiger partial charge >= 0.3 is 5.97 Å². The number of carbonyl (C=O) groups is 2. The van der Waals surface area contributed by atoms with Crippen molar-refractivity contribution in [1.82, 2.24) is 5.32 Å². The summed E-state index contributed by atoms with van der Waals surface area (Å²) in [6.07, 6.45) is 0. The van der Waals surface area contributed by atoms with Crippen LogP contribution in [-0.2, 0) is 9.53 Å². The number of esters is 1. The fourth-order valence-electron chi connectivity index (χ4n) is 3.00. The van der Waals surface area contributed by atoms with E-state index in [1.165, 1.54) is 6.07 Å². The molecule has 1 aliphatic rings. The highest BCUT2D eigenvalue weighted by atomic mass is 16.6. The van der Waals surface area contributed by atoms with Gasteiger partial charge in [0.05, 0.1) is 17.0 Å². The molecule has 0 bridgehead atoms. The monoisotopic (exact) mass is 414 g/mol. The van der Waals surface area contributed by atoms with Crippen molar-refractivity contribution in [2.75, 3.05) is 19.8 Å². The number of amides is 1. The van der Waals surface area contributed by atoms with Gasteiger partial charge in [-0.2, -0.15) is 0 Å². The second-order valence-electron chi connectivity index (χ2n) is 6.98. The standard InChI is InChI=1S/C21H22N2O7/c1-12-4-5-15(8-13(12)2)14(3)22-20(24)11-30-21(25)16-9-18-19(29-7-6-28-18)10-17(16)23(26)27/h4-5,8-10,14H,6-7,11H2,1-3H3,(H,22,24). The first-order valence-electron chi connectivity index (χ1n) is 9.38. The van der Waals surface area contributed by atoms with Crippen LogP contribution in [-0.4, -0.2) is 36.6 Å². The molecule has 0 saturated heterocycles. The minimum absolute atomic E-state index is 0.185. The van der Waals surface area contributed by atoms with Crippen LogP contribution in [0, 0.1) is 24.0 Å². The van der Waals surface area contributed by atoms with Gasteiger partial charge in [-0.25, -0.2) is 4.79 Å². The van der Waals surface area contributed by atoms with Gasteiger partial charge in [0, 0.05) is 6.07 Å². The van der Waals surface area contributed by atoms with Crippen LogP contribution in [0.15, 0.2) is 30.3 Å². The Morgan fingerprint density at radius 3 is 2.43 bits per heavy atom. The Bertz CT molecular complexity index is 1000. The molecule has 9 heteroatoms. The highest BCUT2D eigenvalue weighted by molar-refractivity contribution is 5.96. The summed E-state index contributed by atoms with van der Waals surface area (Å²) in [6.45, 7) is 5.74. The third kappa shape index (κ3) is 4.68. The molecule has 1 atom stereocenters. The average Bonchev–Trinajstić information content (AvgIpc) is 2.72. The van der Waals surface area contributed by atoms with Crippen molar-refractivity contribution in [1.29, 1.82) is 0 Å². The molecule has 0 fully saturated rings. The van der Waals surface area contributed by atoms with E-state index in [0.717, 1.165) is 22.8 Å². The van der Waals surface area contributed by atoms with E-state index >= 15 is 0 Å². The quantitative estimate of drug-likeness (QED) is 0.439. The number of fused-ring (bicyclic) bond motifs is 1. The predicted molar refractivity (Wildman–Crippen MR) is 107 cm³/mol. The summed E-state index contributed by atoms with van der Waals surface area (Å²) in [5, 5.41) is 14.1. The predicted octanol–water partition coefficient (Wildman–Crippen LogP) is 3.02. The molecular weight excluding hydrogens is 392 g/mol. The number of carbonyl (C=O) groups excluding carboxylic acids is 2. The number of benzene rings is 2. The van der Waals surface area contributed by atoms with E-state index in [9.17, 15) is 19.7 Å². The van der Waals surface area contributed by atoms with E-state index in [-0.39, 0.29) is 36.3 Å². The lowest BCUT2D eigenvalue weighted by molar-refractivity contribution is -0.385. The molecule has 30 heavy (non-hydrogen) atoms. The van der Waals surface area contributed by atoms with Gasteiger partial charge in [0.2, 0.25) is 0 Å². The van der Waals surface area contributed by atoms with Crippen LogP contribution in [0.25, 0.3) is 0 Å². The third-order valence-electron chi connectivity index (χ3n) is 4.82. The maximum Gasteiger partial charge on any atom is 0.345 e. The number of rotatable bonds is 6. The van der Waals surface area contributed by atoms with Crippen molar-refractivity contribution in [3.63, 3.8) is 0 Å². The van der Waals surface area contributed by atoms with E-state index in [1.54, 1.807) is 0 Å². The zero-order valence-corrected chi connectivity index (χ0v) is 16.9. The van der Waals surface area contributed by atoms with E-state index in [2.05, 4.69) is 5.32 Å². The summed E-state index contributed by atoms with van der Waals surface area (Å²) in [5.74, 6) is -1.11. The molecule has 2 aromatic carbocycles. The second-order valence-corrected chi connectivity index (χ2v) is 6.98. The summed E-state index contributed by atoms with van der Waals surface area (Å²) < 4.78 is 15.7. The molecule has 3 rings (SSSR count). The van der Waals surface area contributed by atoms with E-state index in [4.69, 9.17) is 14.2 Å². The Kier molecular flexibility index (Phi) is 6.20. The number of ether oxygens (including phenoxy) is 3. The van der Waals surface area contributed by atoms with Gasteiger partial charge in [-0.1, -0.05) is 18.2 Å². The van der Waals surface area contributed by atoms with Gasteiger partial charge in [-0.15, -0.1) is 0 Å². The molecule has 0 saturated carbocycles. The van der Waals surface area contributed by atoms with Crippen molar-refractivity contribution in [3.05, 3.63) is 62.7 Å². The van der Waals surface area contributed by atoms with Crippen molar-refractivity contribution < 1.29 is 28.7 Å². The fraction of sp³-hybridized carbons (Fsp3) is 0.333. The number of nitrogens with zero attached hydrogens (tertiary/aromatic N) is 1. The minimum Gasteiger partial charge on any atom is -0.486 e. The summed E-state index contributed by atoms with van der Waals surface area (Å²) >= 11 is 0. The van der Waals surface area contributed by atoms with Crippen LogP contribution in [0.2, 0.25) is 0 Å². The Morgan fingerprint density at radius 1 is 1.13 bits per heavy atom. The van der Waals surface area contributed by atoms with E-state index in [1.807, 2.05) is 39.0 Å². The topological polar surface area (TPSA) is 117 Å². The number of aryl methyl sites for hydroxylation is 2. The molecule has 0 aliphatic carbocycles. The lowest BCUT2D eigenvalue weighted by atomic mass is 10.0. The van der Waals surface area contributed by atoms with Crippen LogP contribution in [0.1, 0.15) is 40.0 Å². The summed E-state index contributed by atoms with van der Waals surface area (Å²) in [7, 11) is 0. The van der Waals surface area contributed by atoms with Crippen LogP contribution in [0.3, 0.4) is 0 Å². The van der Waals surface area contributed by atoms with Crippen LogP contribution >= 0.6 is 0 Å². The Balaban J connectivity index is 1.65. The molecule has 0 radical (unpaired) electrons. The lowest BCUT2D eigenvalue weighted by Crippen LogP contribution is -2.31. The smallest absolute Gasteiger partial charge is 0.345 e. The Hall–Kier alpha value is -3.62. The molecule has 1 unspecified atom stereocenters. The molecule has 0 aromatic heterocycles. The average molecular weight is 414 g/mol. The number of nitro groups is 1. The van der Waals surface area contributed by atoms with Gasteiger partial charge in [0.15, 0.2) is 18.1 Å². The maximum absolute atomic E-state index is 12.4. The first-order valence-corrected chi connectivity index (χ1v) is 9.38. The molecule has 2 aromatic rings. The summed E-state index contributed by atoms with van der Waals surface area (Å²) in [4.78, 5) is 35.2. The van der Waals surface area contributed by atoms with Crippen LogP contribution < -0.4 is 14.8 Å². The zero-order chi connectivity index (χ0) is 21.8. The lowest BCUT2D eigenvalue weighted by Gasteiger charge is -2.19. The van der Waals surface area contributed by atoms with Crippen molar-refractivity contribution >= 4 is 17.6 Å². The third-order valence-corrected chi connectivity index (χ3v) is 4.82. The van der Waals surface area contributed by atoms with Gasteiger partial charge in [0.25, 0.3) is 11.6 Å². The molecule has 1 aliphatic heterocycles. The van der Waals surface area contributed by atoms with E-state index in [0.29, 0.717) is 0 Å². The van der Waals surface area contributed by atoms with Crippen LogP contribution in [0.5, 0.6) is 11.5 Å². The van der Waals surface area contributed by atoms with Gasteiger partial charge < -0.3 is 19.5 Å². The maximum atomic E-state index is 12.4. The summed E-state index contributed by atoms with van der Waals surface area (Å²) in [5.41, 5.74) is 2.38. The van der Waals surface area contributed by atoms with Gasteiger partial charge in [-0.05, 0) is 37.5 Å². The molecular formula is C21H22N2O7. The van der Waals surface area contributed by atoms with Crippen LogP contribution in [0.4, 0.5) is 5.69 Å². The van der Waals surface area contributed by atoms with Crippen molar-refractivity contribution in [3.8, 4) is 11.5 Å². The second kappa shape index (κ2) is 8.81. The van der Waals surface area contributed by atoms with Gasteiger partial charge in [-0.3, -0.25) is 14.9 Å². The number of nitrogens with one attached hydrogen (secondary N) is 1. The van der Waals surface area contributed by atoms with Crippen molar-refractivity contribution in [2.24, 2.45) is 0 Å². The first kappa shape index (κ1) is 21.1. The molecule has 0 spiro atoms. The Morgan fingerprint density at radius 2 is 1.80 bits per heavy atom. The SMILES string of the molecule is Cc1ccc(C(C)NC(=O)COC(=O)c2cc3c(cc2[N+](=O)[O-])OCCO3)cc1C. The highest BCUT2D eigenvalue weighted by Gasteiger charge is 2.28. The fourth-order valence-corrected chi connectivity index (χ4v) is 3.00. The molecule has 1 N–H and O–H groups in total. The highest BCUT2D eigenvalue weighted by Crippen LogP contribution is 2.36. The van der Waals surface area contributed by atoms with E-state index < -0.39 is 29.1 Å². The number of hydrogen-bond donors (Lipinski definition) is 1. The molecule has 1 heterocycles. The van der Waals surface area contributed by atoms with Crippen molar-refractivity contribution in [2.45, 2.75) is 26.8 Å². The first-order chi connectivity index (χ1) is 14.3. The molecule has 9 nitrogen and oxygen atoms in total. The molecule has 158 valence electrons. The van der Waals surface area contributed by atoms with Gasteiger partial charge in [0.1, 0.15) is 18.8 Å². The Labute approximate surface area is 173 Å². The minimum atomic E-state index is -0.993. The zero-order valence-electron chi connectivity index (χ0n) is 16.9. The molecule has 1 amide bonds. The normalized spacial score (nSPS) is 13.3. The number of hydrogen-bond acceptors (Lipinski definition) is 7. The summed E-state index contributed by atoms with van der Waals surface area (Å²) in [6, 6.07) is 7.88. The number of nitro benzene ring substituents is 1. The largest absolute Gasteiger partial charge is 0.486 e.